The lowest BCUT2D eigenvalue weighted by atomic mass is 10.1. The Hall–Kier alpha value is -2.29. The van der Waals surface area contributed by atoms with Crippen LogP contribution in [0.5, 0.6) is 0 Å². The third-order valence-electron chi connectivity index (χ3n) is 3.23. The molecule has 2 aromatic carbocycles. The van der Waals surface area contributed by atoms with Gasteiger partial charge in [0.25, 0.3) is 5.91 Å². The number of nitrogen functional groups attached to an aromatic ring is 1. The molecule has 0 saturated heterocycles. The SMILES string of the molecule is Cc1ccc(N)c(NC(=O)c2ccc(C)c(C)c2)c1. The van der Waals surface area contributed by atoms with Crippen LogP contribution in [-0.4, -0.2) is 5.91 Å². The van der Waals surface area contributed by atoms with Crippen molar-refractivity contribution in [2.75, 3.05) is 11.1 Å². The first kappa shape index (κ1) is 13.1. The lowest BCUT2D eigenvalue weighted by molar-refractivity contribution is 0.102. The first-order chi connectivity index (χ1) is 8.97. The molecular weight excluding hydrogens is 236 g/mol. The highest BCUT2D eigenvalue weighted by atomic mass is 16.1. The number of carbonyl (C=O) groups is 1. The van der Waals surface area contributed by atoms with Gasteiger partial charge < -0.3 is 11.1 Å². The van der Waals surface area contributed by atoms with Crippen LogP contribution in [0.15, 0.2) is 36.4 Å². The minimum atomic E-state index is -0.139. The Labute approximate surface area is 113 Å². The number of amides is 1. The average molecular weight is 254 g/mol. The standard InChI is InChI=1S/C16H18N2O/c1-10-4-7-14(17)15(8-10)18-16(19)13-6-5-11(2)12(3)9-13/h4-9H,17H2,1-3H3,(H,18,19). The third-order valence-corrected chi connectivity index (χ3v) is 3.23. The smallest absolute Gasteiger partial charge is 0.255 e. The van der Waals surface area contributed by atoms with E-state index in [0.29, 0.717) is 16.9 Å². The van der Waals surface area contributed by atoms with Gasteiger partial charge >= 0.3 is 0 Å². The average Bonchev–Trinajstić information content (AvgIpc) is 2.37. The summed E-state index contributed by atoms with van der Waals surface area (Å²) in [7, 11) is 0. The van der Waals surface area contributed by atoms with Crippen molar-refractivity contribution in [1.29, 1.82) is 0 Å². The molecule has 3 heteroatoms. The van der Waals surface area contributed by atoms with Crippen LogP contribution in [0.1, 0.15) is 27.0 Å². The largest absolute Gasteiger partial charge is 0.397 e. The molecule has 0 aliphatic heterocycles. The predicted octanol–water partition coefficient (Wildman–Crippen LogP) is 3.45. The van der Waals surface area contributed by atoms with Gasteiger partial charge in [0.2, 0.25) is 0 Å². The number of hydrogen-bond donors (Lipinski definition) is 2. The van der Waals surface area contributed by atoms with E-state index in [0.717, 1.165) is 11.1 Å². The van der Waals surface area contributed by atoms with Gasteiger partial charge in [-0.15, -0.1) is 0 Å². The molecule has 0 saturated carbocycles. The number of rotatable bonds is 2. The molecule has 0 heterocycles. The molecule has 2 rings (SSSR count). The lowest BCUT2D eigenvalue weighted by Gasteiger charge is -2.10. The molecule has 0 aliphatic rings. The summed E-state index contributed by atoms with van der Waals surface area (Å²) in [4.78, 5) is 12.2. The summed E-state index contributed by atoms with van der Waals surface area (Å²) in [6.07, 6.45) is 0. The number of nitrogens with two attached hydrogens (primary N) is 1. The molecule has 0 unspecified atom stereocenters. The van der Waals surface area contributed by atoms with Gasteiger partial charge in [-0.25, -0.2) is 0 Å². The first-order valence-electron chi connectivity index (χ1n) is 6.22. The molecule has 2 aromatic rings. The Morgan fingerprint density at radius 3 is 2.42 bits per heavy atom. The van der Waals surface area contributed by atoms with Crippen LogP contribution in [0.25, 0.3) is 0 Å². The maximum Gasteiger partial charge on any atom is 0.255 e. The number of nitrogens with one attached hydrogen (secondary N) is 1. The van der Waals surface area contributed by atoms with Crippen LogP contribution >= 0.6 is 0 Å². The minimum Gasteiger partial charge on any atom is -0.397 e. The number of hydrogen-bond acceptors (Lipinski definition) is 2. The van der Waals surface area contributed by atoms with Crippen molar-refractivity contribution in [3.63, 3.8) is 0 Å². The molecule has 0 aliphatic carbocycles. The summed E-state index contributed by atoms with van der Waals surface area (Å²) < 4.78 is 0. The van der Waals surface area contributed by atoms with E-state index >= 15 is 0 Å². The number of benzene rings is 2. The van der Waals surface area contributed by atoms with Gasteiger partial charge in [0, 0.05) is 5.56 Å². The second-order valence-corrected chi connectivity index (χ2v) is 4.84. The molecule has 19 heavy (non-hydrogen) atoms. The second-order valence-electron chi connectivity index (χ2n) is 4.84. The molecule has 0 spiro atoms. The van der Waals surface area contributed by atoms with Crippen LogP contribution in [0, 0.1) is 20.8 Å². The molecule has 1 amide bonds. The van der Waals surface area contributed by atoms with E-state index in [-0.39, 0.29) is 5.91 Å². The van der Waals surface area contributed by atoms with Crippen LogP contribution < -0.4 is 11.1 Å². The summed E-state index contributed by atoms with van der Waals surface area (Å²) in [5, 5.41) is 2.85. The van der Waals surface area contributed by atoms with E-state index in [4.69, 9.17) is 5.73 Å². The normalized spacial score (nSPS) is 10.3. The van der Waals surface area contributed by atoms with Crippen LogP contribution in [-0.2, 0) is 0 Å². The van der Waals surface area contributed by atoms with E-state index < -0.39 is 0 Å². The van der Waals surface area contributed by atoms with E-state index in [2.05, 4.69) is 5.32 Å². The van der Waals surface area contributed by atoms with E-state index in [1.54, 1.807) is 6.07 Å². The van der Waals surface area contributed by atoms with Gasteiger partial charge in [-0.2, -0.15) is 0 Å². The Kier molecular flexibility index (Phi) is 3.56. The lowest BCUT2D eigenvalue weighted by Crippen LogP contribution is -2.13. The van der Waals surface area contributed by atoms with Crippen LogP contribution in [0.2, 0.25) is 0 Å². The Morgan fingerprint density at radius 2 is 1.74 bits per heavy atom. The number of carbonyl (C=O) groups excluding carboxylic acids is 1. The van der Waals surface area contributed by atoms with Crippen molar-refractivity contribution in [3.8, 4) is 0 Å². The molecule has 0 radical (unpaired) electrons. The topological polar surface area (TPSA) is 55.1 Å². The highest BCUT2D eigenvalue weighted by molar-refractivity contribution is 6.05. The van der Waals surface area contributed by atoms with Crippen molar-refractivity contribution >= 4 is 17.3 Å². The van der Waals surface area contributed by atoms with Crippen molar-refractivity contribution < 1.29 is 4.79 Å². The number of anilines is 2. The molecular formula is C16H18N2O. The van der Waals surface area contributed by atoms with Crippen molar-refractivity contribution in [1.82, 2.24) is 0 Å². The second kappa shape index (κ2) is 5.14. The fourth-order valence-electron chi connectivity index (χ4n) is 1.86. The Balaban J connectivity index is 2.25. The van der Waals surface area contributed by atoms with Crippen molar-refractivity contribution in [2.45, 2.75) is 20.8 Å². The summed E-state index contributed by atoms with van der Waals surface area (Å²) in [5.74, 6) is -0.139. The van der Waals surface area contributed by atoms with E-state index in [1.165, 1.54) is 5.56 Å². The summed E-state index contributed by atoms with van der Waals surface area (Å²) in [5.41, 5.74) is 11.1. The highest BCUT2D eigenvalue weighted by Crippen LogP contribution is 2.20. The fourth-order valence-corrected chi connectivity index (χ4v) is 1.86. The summed E-state index contributed by atoms with van der Waals surface area (Å²) >= 11 is 0. The zero-order valence-corrected chi connectivity index (χ0v) is 11.4. The van der Waals surface area contributed by atoms with Gasteiger partial charge in [-0.05, 0) is 61.7 Å². The fraction of sp³-hybridized carbons (Fsp3) is 0.188. The molecule has 0 aromatic heterocycles. The molecule has 0 fully saturated rings. The Morgan fingerprint density at radius 1 is 1.00 bits per heavy atom. The Bertz CT molecular complexity index is 633. The maximum atomic E-state index is 12.2. The van der Waals surface area contributed by atoms with Gasteiger partial charge in [-0.3, -0.25) is 4.79 Å². The zero-order chi connectivity index (χ0) is 14.0. The molecule has 0 atom stereocenters. The van der Waals surface area contributed by atoms with E-state index in [9.17, 15) is 4.79 Å². The van der Waals surface area contributed by atoms with Gasteiger partial charge in [0.1, 0.15) is 0 Å². The van der Waals surface area contributed by atoms with Gasteiger partial charge in [0.15, 0.2) is 0 Å². The highest BCUT2D eigenvalue weighted by Gasteiger charge is 2.09. The maximum absolute atomic E-state index is 12.2. The first-order valence-corrected chi connectivity index (χ1v) is 6.22. The quantitative estimate of drug-likeness (QED) is 0.806. The van der Waals surface area contributed by atoms with E-state index in [1.807, 2.05) is 51.1 Å². The van der Waals surface area contributed by atoms with Crippen molar-refractivity contribution in [3.05, 3.63) is 58.7 Å². The van der Waals surface area contributed by atoms with Gasteiger partial charge in [0.05, 0.1) is 11.4 Å². The molecule has 0 bridgehead atoms. The van der Waals surface area contributed by atoms with Crippen LogP contribution in [0.4, 0.5) is 11.4 Å². The zero-order valence-electron chi connectivity index (χ0n) is 11.4. The monoisotopic (exact) mass is 254 g/mol. The summed E-state index contributed by atoms with van der Waals surface area (Å²) in [6, 6.07) is 11.2. The number of aryl methyl sites for hydroxylation is 3. The summed E-state index contributed by atoms with van der Waals surface area (Å²) in [6.45, 7) is 5.98. The molecule has 3 N–H and O–H groups in total. The van der Waals surface area contributed by atoms with Gasteiger partial charge in [-0.1, -0.05) is 12.1 Å². The third kappa shape index (κ3) is 2.94. The molecule has 98 valence electrons. The van der Waals surface area contributed by atoms with Crippen molar-refractivity contribution in [2.24, 2.45) is 0 Å². The van der Waals surface area contributed by atoms with Crippen LogP contribution in [0.3, 0.4) is 0 Å². The minimum absolute atomic E-state index is 0.139. The molecule has 3 nitrogen and oxygen atoms in total. The predicted molar refractivity (Wildman–Crippen MR) is 79.5 cm³/mol.